The Labute approximate surface area is 591 Å². The molecule has 10 aromatic rings. The molecule has 4 aliphatic rings. The molecule has 20 nitrogen and oxygen atoms in total. The van der Waals surface area contributed by atoms with Crippen LogP contribution >= 0.6 is 70.2 Å². The molecule has 8 aromatic heterocycles. The van der Waals surface area contributed by atoms with Crippen LogP contribution < -0.4 is 38.1 Å². The number of nitrogens with zero attached hydrogens (tertiary/aromatic N) is 9. The molecule has 0 aliphatic carbocycles. The number of likely N-dealkylation sites (tertiary alicyclic amines) is 1. The number of thioether (sulfide) groups is 4. The van der Waals surface area contributed by atoms with E-state index in [1.165, 1.54) is 25.7 Å². The molecule has 26 heteroatoms. The lowest BCUT2D eigenvalue weighted by Gasteiger charge is -2.33. The van der Waals surface area contributed by atoms with E-state index in [0.29, 0.717) is 59.8 Å². The van der Waals surface area contributed by atoms with E-state index < -0.39 is 11.5 Å². The largest absolute Gasteiger partial charge is 0.444 e. The van der Waals surface area contributed by atoms with Crippen molar-refractivity contribution >= 4 is 155 Å². The van der Waals surface area contributed by atoms with Crippen LogP contribution in [0, 0.1) is 0 Å². The number of hydrogen-bond donors (Lipinski definition) is 7. The summed E-state index contributed by atoms with van der Waals surface area (Å²) < 4.78 is 5.44. The van der Waals surface area contributed by atoms with Gasteiger partial charge in [-0.15, -0.1) is 47.0 Å². The third-order valence-corrected chi connectivity index (χ3v) is 21.5. The first kappa shape index (κ1) is 70.7. The second kappa shape index (κ2) is 34.2. The Morgan fingerprint density at radius 1 is 0.505 bits per heavy atom. The number of nitrogens with one attached hydrogen (secondary N) is 5. The number of benzene rings is 2. The highest BCUT2D eigenvalue weighted by atomic mass is 35.5. The van der Waals surface area contributed by atoms with Crippen LogP contribution in [0.25, 0.3) is 43.6 Å². The number of primary amides is 1. The van der Waals surface area contributed by atoms with Crippen molar-refractivity contribution in [3.63, 3.8) is 0 Å². The Hall–Kier alpha value is -7.65. The van der Waals surface area contributed by atoms with E-state index in [0.717, 1.165) is 147 Å². The summed E-state index contributed by atoms with van der Waals surface area (Å²) in [6.07, 6.45) is 15.8. The number of piperidine rings is 4. The van der Waals surface area contributed by atoms with Crippen LogP contribution in [-0.2, 0) is 4.74 Å². The van der Waals surface area contributed by atoms with E-state index in [1.54, 1.807) is 83.8 Å². The fraction of sp³-hybridized carbons (Fsp3) is 0.338. The van der Waals surface area contributed by atoms with Gasteiger partial charge in [-0.25, -0.2) is 44.7 Å². The number of pyridine rings is 8. The van der Waals surface area contributed by atoms with Gasteiger partial charge in [-0.3, -0.25) is 9.59 Å². The van der Waals surface area contributed by atoms with Crippen molar-refractivity contribution < 1.29 is 19.1 Å². The van der Waals surface area contributed by atoms with Gasteiger partial charge in [-0.05, 0) is 196 Å². The zero-order chi connectivity index (χ0) is 67.7. The van der Waals surface area contributed by atoms with Gasteiger partial charge in [0, 0.05) is 127 Å². The molecule has 4 aliphatic heterocycles. The highest BCUT2D eigenvalue weighted by Gasteiger charge is 2.28. The average molecular weight is 1420 g/mol. The number of amides is 3. The Balaban J connectivity index is 0.000000132. The Kier molecular flexibility index (Phi) is 24.9. The van der Waals surface area contributed by atoms with Crippen molar-refractivity contribution in [1.29, 1.82) is 0 Å². The molecule has 4 saturated heterocycles. The number of rotatable bonds is 13. The second-order valence-corrected chi connectivity index (χ2v) is 30.7. The Bertz CT molecular complexity index is 4360. The van der Waals surface area contributed by atoms with Gasteiger partial charge in [-0.1, -0.05) is 35.3 Å². The molecule has 14 rings (SSSR count). The Morgan fingerprint density at radius 2 is 0.907 bits per heavy atom. The van der Waals surface area contributed by atoms with E-state index in [4.69, 9.17) is 49.4 Å². The predicted molar refractivity (Wildman–Crippen MR) is 397 cm³/mol. The van der Waals surface area contributed by atoms with Crippen LogP contribution in [0.5, 0.6) is 0 Å². The van der Waals surface area contributed by atoms with Gasteiger partial charge in [0.2, 0.25) is 5.91 Å². The van der Waals surface area contributed by atoms with E-state index in [9.17, 15) is 14.4 Å². The summed E-state index contributed by atoms with van der Waals surface area (Å²) in [5.41, 5.74) is 16.4. The molecule has 9 N–H and O–H groups in total. The lowest BCUT2D eigenvalue weighted by atomic mass is 10.1. The summed E-state index contributed by atoms with van der Waals surface area (Å²) in [5.74, 6) is 0.466. The minimum absolute atomic E-state index is 0.220. The fourth-order valence-corrected chi connectivity index (χ4v) is 15.7. The average Bonchev–Trinajstić information content (AvgIpc) is 0.920. The van der Waals surface area contributed by atoms with Crippen molar-refractivity contribution in [1.82, 2.24) is 60.7 Å². The van der Waals surface area contributed by atoms with Gasteiger partial charge in [0.1, 0.15) is 27.5 Å². The molecule has 0 spiro atoms. The third kappa shape index (κ3) is 21.4. The van der Waals surface area contributed by atoms with Gasteiger partial charge >= 0.3 is 6.09 Å². The monoisotopic (exact) mass is 1420 g/mol. The third-order valence-electron chi connectivity index (χ3n) is 16.0. The molecule has 0 bridgehead atoms. The quantitative estimate of drug-likeness (QED) is 0.0417. The summed E-state index contributed by atoms with van der Waals surface area (Å²) in [7, 11) is 0. The highest BCUT2D eigenvalue weighted by Crippen LogP contribution is 2.34. The van der Waals surface area contributed by atoms with Gasteiger partial charge in [0.05, 0.1) is 42.2 Å². The van der Waals surface area contributed by atoms with Gasteiger partial charge in [0.25, 0.3) is 5.91 Å². The van der Waals surface area contributed by atoms with E-state index in [2.05, 4.69) is 80.8 Å². The molecule has 2 aromatic carbocycles. The number of nitrogens with two attached hydrogens (primary N) is 2. The minimum atomic E-state index is -0.452. The van der Waals surface area contributed by atoms with Crippen LogP contribution in [0.1, 0.15) is 92.9 Å². The maximum absolute atomic E-state index is 12.4. The van der Waals surface area contributed by atoms with Crippen LogP contribution in [0.2, 0.25) is 10.3 Å². The topological polar surface area (TPSA) is 279 Å². The van der Waals surface area contributed by atoms with E-state index in [1.807, 2.05) is 111 Å². The number of hydrogen-bond acceptors (Lipinski definition) is 21. The number of aromatic nitrogens is 8. The summed E-state index contributed by atoms with van der Waals surface area (Å²) in [6, 6.07) is 37.7. The molecule has 0 unspecified atom stereocenters. The first-order valence-corrected chi connectivity index (χ1v) is 36.7. The van der Waals surface area contributed by atoms with Crippen molar-refractivity contribution in [3.8, 4) is 0 Å². The zero-order valence-corrected chi connectivity index (χ0v) is 59.0. The molecule has 4 fully saturated rings. The SMILES string of the molecule is CC(C)(C)OC(=O)N1CCC(Sc2ccc3cnc(Cl)cc3n2)CC1.Clc1cc2nc(SC3CCNCC3)ccc2cn1.NC(=O)c1cccc(Nc2cc3nc(SC4CCNCC4)ccc3cn2)c1.Nc1cccc(C(=O)Nc2cc3nc(SC4CCNCC4)ccc3cn2)c1. The van der Waals surface area contributed by atoms with Gasteiger partial charge in [0.15, 0.2) is 0 Å². The lowest BCUT2D eigenvalue weighted by Crippen LogP contribution is -2.42. The summed E-state index contributed by atoms with van der Waals surface area (Å²) in [6.45, 7) is 13.6. The first-order chi connectivity index (χ1) is 46.9. The van der Waals surface area contributed by atoms with Crippen molar-refractivity contribution in [2.24, 2.45) is 5.73 Å². The van der Waals surface area contributed by atoms with Crippen molar-refractivity contribution in [3.05, 3.63) is 168 Å². The second-order valence-electron chi connectivity index (χ2n) is 24.7. The van der Waals surface area contributed by atoms with Crippen molar-refractivity contribution in [2.75, 3.05) is 68.7 Å². The maximum atomic E-state index is 12.4. The number of nitrogen functional groups attached to an aromatic ring is 1. The van der Waals surface area contributed by atoms with Gasteiger partial charge in [-0.2, -0.15) is 0 Å². The van der Waals surface area contributed by atoms with E-state index in [-0.39, 0.29) is 12.0 Å². The lowest BCUT2D eigenvalue weighted by molar-refractivity contribution is 0.0219. The number of fused-ring (bicyclic) bond motifs is 4. The molecule has 0 atom stereocenters. The number of carbonyl (C=O) groups is 3. The summed E-state index contributed by atoms with van der Waals surface area (Å²) >= 11 is 19.1. The summed E-state index contributed by atoms with van der Waals surface area (Å²) in [5, 5.41) is 27.6. The number of anilines is 4. The highest BCUT2D eigenvalue weighted by molar-refractivity contribution is 8.00. The normalized spacial score (nSPS) is 15.7. The molecule has 97 heavy (non-hydrogen) atoms. The Morgan fingerprint density at radius 3 is 1.35 bits per heavy atom. The number of ether oxygens (including phenoxy) is 1. The molecule has 3 amide bonds. The first-order valence-electron chi connectivity index (χ1n) is 32.4. The summed E-state index contributed by atoms with van der Waals surface area (Å²) in [4.78, 5) is 73.4. The molecule has 504 valence electrons. The van der Waals surface area contributed by atoms with Crippen LogP contribution in [0.3, 0.4) is 0 Å². The van der Waals surface area contributed by atoms with Crippen LogP contribution in [-0.4, -0.2) is 142 Å². The van der Waals surface area contributed by atoms with Crippen LogP contribution in [0.15, 0.2) is 166 Å². The predicted octanol–water partition coefficient (Wildman–Crippen LogP) is 14.5. The van der Waals surface area contributed by atoms with Crippen LogP contribution in [0.4, 0.5) is 27.8 Å². The molecule has 12 heterocycles. The maximum Gasteiger partial charge on any atom is 0.410 e. The smallest absolute Gasteiger partial charge is 0.410 e. The molecular formula is C71H78Cl2N16O4S4. The molecular weight excluding hydrogens is 1340 g/mol. The van der Waals surface area contributed by atoms with Crippen molar-refractivity contribution in [2.45, 2.75) is 119 Å². The molecule has 0 radical (unpaired) electrons. The fourth-order valence-electron chi connectivity index (χ4n) is 11.0. The van der Waals surface area contributed by atoms with Gasteiger partial charge < -0.3 is 47.7 Å². The zero-order valence-electron chi connectivity index (χ0n) is 54.2. The number of halogens is 2. The minimum Gasteiger partial charge on any atom is -0.444 e. The standard InChI is InChI=1S/2C20H21N5OS.C18H22ClN3O2S.C13H14ClN3S/c21-20(26)13-2-1-3-15(10-13)24-18-11-17-14(12-23-18)4-5-19(25-17)27-16-6-8-22-9-7-16;21-15-3-1-2-13(10-15)20(26)25-18-11-17-14(12-23-18)4-5-19(24-17)27-16-6-8-22-9-7-16;1-18(2,3)24-17(23)22-8-6-13(7-9-22)25-16-5-4-12-11-20-15(19)10-14(12)21-16;14-12-7-11-9(8-16-12)1-2-13(17-11)18-10-3-5-15-6-4-10/h1-5,10-12,16,22H,6-9H2,(H2,21,26)(H,23,24);1-5,10-12,16,22H,6-9,21H2,(H,23,25,26);4-5,10-11,13H,6-9H2,1-3H3;1-2,7-8,10,15H,3-6H2. The number of carbonyl (C=O) groups excluding carboxylic acids is 3. The van der Waals surface area contributed by atoms with E-state index >= 15 is 0 Å². The molecule has 0 saturated carbocycles.